The number of hydrogen-bond acceptors (Lipinski definition) is 5. The van der Waals surface area contributed by atoms with Crippen molar-refractivity contribution >= 4 is 23.0 Å². The highest BCUT2D eigenvalue weighted by molar-refractivity contribution is 7.80. The van der Waals surface area contributed by atoms with E-state index in [-0.39, 0.29) is 11.7 Å². The molecule has 6 nitrogen and oxygen atoms in total. The van der Waals surface area contributed by atoms with Gasteiger partial charge in [0.2, 0.25) is 0 Å². The predicted octanol–water partition coefficient (Wildman–Crippen LogP) is -0.728. The number of hydrogen-bond donors (Lipinski definition) is 1. The van der Waals surface area contributed by atoms with Crippen molar-refractivity contribution < 1.29 is 4.74 Å². The molecule has 1 fully saturated rings. The van der Waals surface area contributed by atoms with Crippen LogP contribution in [0.15, 0.2) is 17.2 Å². The maximum absolute atomic E-state index is 11.9. The van der Waals surface area contributed by atoms with Gasteiger partial charge >= 0.3 is 0 Å². The fourth-order valence-corrected chi connectivity index (χ4v) is 1.86. The molecule has 1 aliphatic heterocycles. The number of nitrogens with two attached hydrogens (primary N) is 1. The second-order valence-corrected chi connectivity index (χ2v) is 4.35. The summed E-state index contributed by atoms with van der Waals surface area (Å²) in [6.45, 7) is 1.58. The minimum Gasteiger partial charge on any atom is -0.391 e. The van der Waals surface area contributed by atoms with Crippen LogP contribution in [0.4, 0.5) is 5.82 Å². The molecule has 0 saturated carbocycles. The number of rotatable bonds is 2. The van der Waals surface area contributed by atoms with Crippen LogP contribution in [0, 0.1) is 0 Å². The van der Waals surface area contributed by atoms with Crippen LogP contribution in [-0.2, 0) is 11.8 Å². The molecule has 1 aliphatic rings. The summed E-state index contributed by atoms with van der Waals surface area (Å²) in [5.74, 6) is 0.416. The first-order valence-corrected chi connectivity index (χ1v) is 5.68. The van der Waals surface area contributed by atoms with Crippen molar-refractivity contribution in [2.75, 3.05) is 24.6 Å². The summed E-state index contributed by atoms with van der Waals surface area (Å²) in [6.07, 6.45) is 2.91. The summed E-state index contributed by atoms with van der Waals surface area (Å²) >= 11 is 4.90. The van der Waals surface area contributed by atoms with Gasteiger partial charge in [-0.2, -0.15) is 0 Å². The van der Waals surface area contributed by atoms with E-state index < -0.39 is 0 Å². The number of ether oxygens (including phenoxy) is 1. The fraction of sp³-hybridized carbons (Fsp3) is 0.500. The number of aryl methyl sites for hydroxylation is 1. The maximum atomic E-state index is 11.9. The first-order valence-electron chi connectivity index (χ1n) is 5.27. The molecule has 1 aromatic rings. The van der Waals surface area contributed by atoms with Gasteiger partial charge in [0.25, 0.3) is 5.56 Å². The summed E-state index contributed by atoms with van der Waals surface area (Å²) in [5.41, 5.74) is 5.42. The molecule has 0 spiro atoms. The zero-order valence-electron chi connectivity index (χ0n) is 9.50. The molecule has 1 saturated heterocycles. The van der Waals surface area contributed by atoms with E-state index in [0.29, 0.717) is 30.5 Å². The van der Waals surface area contributed by atoms with Gasteiger partial charge in [-0.15, -0.1) is 0 Å². The van der Waals surface area contributed by atoms with Gasteiger partial charge in [0.15, 0.2) is 5.82 Å². The van der Waals surface area contributed by atoms with E-state index >= 15 is 0 Å². The zero-order chi connectivity index (χ0) is 12.4. The first kappa shape index (κ1) is 12.0. The molecule has 0 bridgehead atoms. The zero-order valence-corrected chi connectivity index (χ0v) is 10.3. The summed E-state index contributed by atoms with van der Waals surface area (Å²) in [5, 5.41) is 0. The van der Waals surface area contributed by atoms with Gasteiger partial charge < -0.3 is 19.9 Å². The van der Waals surface area contributed by atoms with Crippen molar-refractivity contribution in [2.24, 2.45) is 12.8 Å². The van der Waals surface area contributed by atoms with Gasteiger partial charge in [-0.05, 0) is 0 Å². The van der Waals surface area contributed by atoms with E-state index in [4.69, 9.17) is 22.7 Å². The highest BCUT2D eigenvalue weighted by Crippen LogP contribution is 2.10. The topological polar surface area (TPSA) is 73.4 Å². The minimum absolute atomic E-state index is 0.129. The molecule has 7 heteroatoms. The van der Waals surface area contributed by atoms with Gasteiger partial charge in [0.1, 0.15) is 11.1 Å². The molecule has 1 atom stereocenters. The number of aromatic nitrogens is 2. The Hall–Kier alpha value is -1.47. The first-order chi connectivity index (χ1) is 8.09. The van der Waals surface area contributed by atoms with Gasteiger partial charge in [0.05, 0.1) is 13.2 Å². The summed E-state index contributed by atoms with van der Waals surface area (Å²) in [4.78, 5) is 18.2. The fourth-order valence-electron chi connectivity index (χ4n) is 1.72. The molecular formula is C10H14N4O2S. The lowest BCUT2D eigenvalue weighted by Crippen LogP contribution is -2.49. The molecule has 0 aromatic carbocycles. The van der Waals surface area contributed by atoms with Crippen LogP contribution in [0.3, 0.4) is 0 Å². The van der Waals surface area contributed by atoms with E-state index in [9.17, 15) is 4.79 Å². The normalized spacial score (nSPS) is 20.3. The molecule has 0 aliphatic carbocycles. The van der Waals surface area contributed by atoms with Crippen molar-refractivity contribution in [1.82, 2.24) is 9.55 Å². The number of anilines is 1. The number of thiocarbonyl (C=S) groups is 1. The van der Waals surface area contributed by atoms with Crippen molar-refractivity contribution in [3.05, 3.63) is 22.7 Å². The quantitative estimate of drug-likeness (QED) is 0.702. The third-order valence-electron chi connectivity index (χ3n) is 2.68. The molecule has 2 heterocycles. The molecular weight excluding hydrogens is 240 g/mol. The van der Waals surface area contributed by atoms with Crippen LogP contribution >= 0.6 is 12.2 Å². The monoisotopic (exact) mass is 254 g/mol. The summed E-state index contributed by atoms with van der Waals surface area (Å²) < 4.78 is 6.91. The highest BCUT2D eigenvalue weighted by Gasteiger charge is 2.25. The predicted molar refractivity (Wildman–Crippen MR) is 68.2 cm³/mol. The van der Waals surface area contributed by atoms with Gasteiger partial charge in [0, 0.05) is 26.0 Å². The average Bonchev–Trinajstić information content (AvgIpc) is 2.33. The van der Waals surface area contributed by atoms with Crippen molar-refractivity contribution in [2.45, 2.75) is 6.10 Å². The minimum atomic E-state index is -0.314. The van der Waals surface area contributed by atoms with Crippen LogP contribution < -0.4 is 16.2 Å². The Morgan fingerprint density at radius 2 is 2.47 bits per heavy atom. The van der Waals surface area contributed by atoms with E-state index in [1.165, 1.54) is 4.57 Å². The molecule has 2 rings (SSSR count). The van der Waals surface area contributed by atoms with Crippen LogP contribution in [0.2, 0.25) is 0 Å². The van der Waals surface area contributed by atoms with Gasteiger partial charge in [-0.25, -0.2) is 4.98 Å². The molecule has 1 aromatic heterocycles. The van der Waals surface area contributed by atoms with E-state index in [0.717, 1.165) is 0 Å². The smallest absolute Gasteiger partial charge is 0.293 e. The molecule has 17 heavy (non-hydrogen) atoms. The second kappa shape index (κ2) is 4.80. The Kier molecular flexibility index (Phi) is 3.39. The van der Waals surface area contributed by atoms with Crippen molar-refractivity contribution in [1.29, 1.82) is 0 Å². The van der Waals surface area contributed by atoms with E-state index in [2.05, 4.69) is 4.98 Å². The second-order valence-electron chi connectivity index (χ2n) is 3.87. The summed E-state index contributed by atoms with van der Waals surface area (Å²) in [7, 11) is 1.69. The average molecular weight is 254 g/mol. The SMILES string of the molecule is Cn1ccnc(N2CCOC(C(N)=S)C2)c1=O. The standard InChI is InChI=1S/C10H14N4O2S/c1-13-3-2-12-9(10(13)15)14-4-5-16-7(6-14)8(11)17/h2-3,7H,4-6H2,1H3,(H2,11,17). The van der Waals surface area contributed by atoms with Gasteiger partial charge in [-0.3, -0.25) is 4.79 Å². The third-order valence-corrected chi connectivity index (χ3v) is 2.94. The van der Waals surface area contributed by atoms with Crippen LogP contribution in [0.1, 0.15) is 0 Å². The highest BCUT2D eigenvalue weighted by atomic mass is 32.1. The largest absolute Gasteiger partial charge is 0.391 e. The van der Waals surface area contributed by atoms with Crippen LogP contribution in [0.25, 0.3) is 0 Å². The van der Waals surface area contributed by atoms with Crippen molar-refractivity contribution in [3.8, 4) is 0 Å². The Morgan fingerprint density at radius 1 is 1.71 bits per heavy atom. The molecule has 92 valence electrons. The number of nitrogens with zero attached hydrogens (tertiary/aromatic N) is 3. The lowest BCUT2D eigenvalue weighted by Gasteiger charge is -2.32. The van der Waals surface area contributed by atoms with Crippen molar-refractivity contribution in [3.63, 3.8) is 0 Å². The van der Waals surface area contributed by atoms with Crippen LogP contribution in [-0.4, -0.2) is 40.3 Å². The lowest BCUT2D eigenvalue weighted by atomic mass is 10.2. The molecule has 1 unspecified atom stereocenters. The molecule has 2 N–H and O–H groups in total. The molecule has 0 radical (unpaired) electrons. The molecule has 0 amide bonds. The number of morpholine rings is 1. The third kappa shape index (κ3) is 2.45. The van der Waals surface area contributed by atoms with E-state index in [1.54, 1.807) is 19.4 Å². The van der Waals surface area contributed by atoms with Gasteiger partial charge in [-0.1, -0.05) is 12.2 Å². The Labute approximate surface area is 104 Å². The van der Waals surface area contributed by atoms with Crippen LogP contribution in [0.5, 0.6) is 0 Å². The lowest BCUT2D eigenvalue weighted by molar-refractivity contribution is 0.0842. The Bertz CT molecular complexity index is 487. The van der Waals surface area contributed by atoms with E-state index in [1.807, 2.05) is 4.90 Å². The Morgan fingerprint density at radius 3 is 3.18 bits per heavy atom. The maximum Gasteiger partial charge on any atom is 0.293 e. The Balaban J connectivity index is 2.25. The summed E-state index contributed by atoms with van der Waals surface area (Å²) in [6, 6.07) is 0.